The third-order valence-electron chi connectivity index (χ3n) is 1.49. The Morgan fingerprint density at radius 3 is 2.15 bits per heavy atom. The van der Waals surface area contributed by atoms with E-state index in [9.17, 15) is 8.42 Å². The molecule has 0 fully saturated rings. The molecule has 72 valence electrons. The third kappa shape index (κ3) is 1.95. The quantitative estimate of drug-likeness (QED) is 0.700. The third-order valence-corrected chi connectivity index (χ3v) is 3.45. The predicted molar refractivity (Wildman–Crippen MR) is 46.0 cm³/mol. The molecule has 0 spiro atoms. The maximum Gasteiger partial charge on any atom is 0.247 e. The fourth-order valence-corrected chi connectivity index (χ4v) is 1.49. The van der Waals surface area contributed by atoms with E-state index in [4.69, 9.17) is 5.11 Å². The Balaban J connectivity index is 3.17. The molecule has 0 aromatic carbocycles. The number of aromatic hydroxyl groups is 1. The maximum atomic E-state index is 11.4. The second-order valence-electron chi connectivity index (χ2n) is 2.82. The van der Waals surface area contributed by atoms with E-state index >= 15 is 0 Å². The second kappa shape index (κ2) is 3.29. The van der Waals surface area contributed by atoms with Crippen molar-refractivity contribution >= 4 is 9.84 Å². The predicted octanol–water partition coefficient (Wildman–Crippen LogP) is 0.364. The minimum atomic E-state index is -3.43. The summed E-state index contributed by atoms with van der Waals surface area (Å²) in [5.74, 6) is -0.150. The minimum absolute atomic E-state index is 0.150. The van der Waals surface area contributed by atoms with Crippen LogP contribution in [0.4, 0.5) is 0 Å². The van der Waals surface area contributed by atoms with E-state index in [-0.39, 0.29) is 10.9 Å². The van der Waals surface area contributed by atoms with Gasteiger partial charge in [0.1, 0.15) is 0 Å². The molecule has 0 saturated carbocycles. The lowest BCUT2D eigenvalue weighted by atomic mass is 10.6. The van der Waals surface area contributed by atoms with Crippen molar-refractivity contribution in [3.63, 3.8) is 0 Å². The van der Waals surface area contributed by atoms with Crippen molar-refractivity contribution in [2.75, 3.05) is 0 Å². The molecule has 0 aliphatic rings. The summed E-state index contributed by atoms with van der Waals surface area (Å²) in [6.07, 6.45) is 2.12. The first-order valence-corrected chi connectivity index (χ1v) is 5.24. The van der Waals surface area contributed by atoms with Crippen molar-refractivity contribution < 1.29 is 13.5 Å². The zero-order chi connectivity index (χ0) is 10.1. The molecule has 0 saturated heterocycles. The van der Waals surface area contributed by atoms with Crippen LogP contribution < -0.4 is 0 Å². The summed E-state index contributed by atoms with van der Waals surface area (Å²) >= 11 is 0. The second-order valence-corrected chi connectivity index (χ2v) is 5.22. The Hall–Kier alpha value is -1.17. The molecule has 0 aliphatic heterocycles. The van der Waals surface area contributed by atoms with Gasteiger partial charge in [-0.25, -0.2) is 18.4 Å². The van der Waals surface area contributed by atoms with Gasteiger partial charge in [-0.1, -0.05) is 0 Å². The van der Waals surface area contributed by atoms with E-state index < -0.39 is 15.1 Å². The van der Waals surface area contributed by atoms with Crippen LogP contribution in [0, 0.1) is 0 Å². The molecule has 1 N–H and O–H groups in total. The molecule has 0 amide bonds. The van der Waals surface area contributed by atoms with Gasteiger partial charge in [-0.3, -0.25) is 0 Å². The van der Waals surface area contributed by atoms with Gasteiger partial charge in [0.2, 0.25) is 15.0 Å². The topological polar surface area (TPSA) is 80.2 Å². The van der Waals surface area contributed by atoms with Gasteiger partial charge < -0.3 is 5.11 Å². The summed E-state index contributed by atoms with van der Waals surface area (Å²) in [6, 6.07) is 0. The van der Waals surface area contributed by atoms with Gasteiger partial charge in [0.05, 0.1) is 17.6 Å². The molecule has 5 nitrogen and oxygen atoms in total. The van der Waals surface area contributed by atoms with Gasteiger partial charge >= 0.3 is 0 Å². The molecule has 6 heteroatoms. The van der Waals surface area contributed by atoms with E-state index in [0.717, 1.165) is 12.4 Å². The van der Waals surface area contributed by atoms with Crippen LogP contribution in [-0.2, 0) is 9.84 Å². The SMILES string of the molecule is CC(C)S(=O)(=O)c1ncc(O)cn1. The number of hydrogen-bond acceptors (Lipinski definition) is 5. The van der Waals surface area contributed by atoms with Crippen LogP contribution in [0.1, 0.15) is 13.8 Å². The molecule has 1 aromatic heterocycles. The van der Waals surface area contributed by atoms with E-state index in [1.54, 1.807) is 13.8 Å². The number of hydrogen-bond donors (Lipinski definition) is 1. The highest BCUT2D eigenvalue weighted by Gasteiger charge is 2.21. The molecule has 0 bridgehead atoms. The highest BCUT2D eigenvalue weighted by Crippen LogP contribution is 2.12. The standard InChI is InChI=1S/C7H10N2O3S/c1-5(2)13(11,12)7-8-3-6(10)4-9-7/h3-5,10H,1-2H3. The number of aromatic nitrogens is 2. The highest BCUT2D eigenvalue weighted by molar-refractivity contribution is 7.91. The lowest BCUT2D eigenvalue weighted by Crippen LogP contribution is -2.16. The Kier molecular flexibility index (Phi) is 2.51. The van der Waals surface area contributed by atoms with Crippen LogP contribution in [0.3, 0.4) is 0 Å². The van der Waals surface area contributed by atoms with E-state index in [1.807, 2.05) is 0 Å². The fourth-order valence-electron chi connectivity index (χ4n) is 0.667. The summed E-state index contributed by atoms with van der Waals surface area (Å²) in [7, 11) is -3.43. The van der Waals surface area contributed by atoms with E-state index in [1.165, 1.54) is 0 Å². The fraction of sp³-hybridized carbons (Fsp3) is 0.429. The number of rotatable bonds is 2. The molecule has 1 heterocycles. The van der Waals surface area contributed by atoms with Gasteiger partial charge in [-0.05, 0) is 13.8 Å². The first-order valence-electron chi connectivity index (χ1n) is 3.69. The smallest absolute Gasteiger partial charge is 0.247 e. The summed E-state index contributed by atoms with van der Waals surface area (Å²) in [5, 5.41) is 8.03. The lowest BCUT2D eigenvalue weighted by Gasteiger charge is -2.04. The van der Waals surface area contributed by atoms with Gasteiger partial charge in [-0.15, -0.1) is 0 Å². The lowest BCUT2D eigenvalue weighted by molar-refractivity contribution is 0.466. The molecule has 0 unspecified atom stereocenters. The van der Waals surface area contributed by atoms with Crippen molar-refractivity contribution in [1.82, 2.24) is 9.97 Å². The van der Waals surface area contributed by atoms with Gasteiger partial charge in [0.25, 0.3) is 0 Å². The van der Waals surface area contributed by atoms with Crippen LogP contribution in [0.25, 0.3) is 0 Å². The van der Waals surface area contributed by atoms with Crippen LogP contribution in [0.5, 0.6) is 5.75 Å². The summed E-state index contributed by atoms with van der Waals surface area (Å²) in [4.78, 5) is 7.04. The highest BCUT2D eigenvalue weighted by atomic mass is 32.2. The van der Waals surface area contributed by atoms with Crippen LogP contribution in [0.15, 0.2) is 17.6 Å². The Bertz CT molecular complexity index is 383. The molecule has 0 radical (unpaired) electrons. The van der Waals surface area contributed by atoms with Crippen molar-refractivity contribution in [2.45, 2.75) is 24.3 Å². The molecule has 0 atom stereocenters. The van der Waals surface area contributed by atoms with E-state index in [0.29, 0.717) is 0 Å². The largest absolute Gasteiger partial charge is 0.505 e. The zero-order valence-electron chi connectivity index (χ0n) is 7.30. The first kappa shape index (κ1) is 9.91. The van der Waals surface area contributed by atoms with Gasteiger partial charge in [0.15, 0.2) is 5.75 Å². The van der Waals surface area contributed by atoms with Crippen molar-refractivity contribution in [3.8, 4) is 5.75 Å². The average molecular weight is 202 g/mol. The van der Waals surface area contributed by atoms with Gasteiger partial charge in [0, 0.05) is 0 Å². The molecule has 13 heavy (non-hydrogen) atoms. The number of nitrogens with zero attached hydrogens (tertiary/aromatic N) is 2. The molecule has 1 rings (SSSR count). The Morgan fingerprint density at radius 2 is 1.77 bits per heavy atom. The van der Waals surface area contributed by atoms with Crippen LogP contribution in [0.2, 0.25) is 0 Å². The summed E-state index contributed by atoms with van der Waals surface area (Å²) in [6.45, 7) is 3.09. The average Bonchev–Trinajstić information content (AvgIpc) is 2.04. The Labute approximate surface area is 76.4 Å². The molecule has 1 aromatic rings. The number of sulfone groups is 1. The molecular weight excluding hydrogens is 192 g/mol. The minimum Gasteiger partial charge on any atom is -0.505 e. The summed E-state index contributed by atoms with van der Waals surface area (Å²) < 4.78 is 22.9. The maximum absolute atomic E-state index is 11.4. The van der Waals surface area contributed by atoms with Crippen LogP contribution in [-0.4, -0.2) is 28.7 Å². The Morgan fingerprint density at radius 1 is 1.31 bits per heavy atom. The van der Waals surface area contributed by atoms with Crippen LogP contribution >= 0.6 is 0 Å². The normalized spacial score (nSPS) is 11.9. The van der Waals surface area contributed by atoms with Crippen molar-refractivity contribution in [1.29, 1.82) is 0 Å². The zero-order valence-corrected chi connectivity index (χ0v) is 8.11. The molecule has 0 aliphatic carbocycles. The first-order chi connectivity index (χ1) is 5.94. The van der Waals surface area contributed by atoms with E-state index in [2.05, 4.69) is 9.97 Å². The monoisotopic (exact) mass is 202 g/mol. The summed E-state index contributed by atoms with van der Waals surface area (Å²) in [5.41, 5.74) is 0. The molecular formula is C7H10N2O3S. The van der Waals surface area contributed by atoms with Gasteiger partial charge in [-0.2, -0.15) is 0 Å². The van der Waals surface area contributed by atoms with Crippen molar-refractivity contribution in [3.05, 3.63) is 12.4 Å². The van der Waals surface area contributed by atoms with Crippen molar-refractivity contribution in [2.24, 2.45) is 0 Å².